The van der Waals surface area contributed by atoms with Gasteiger partial charge in [-0.3, -0.25) is 33.6 Å². The Morgan fingerprint density at radius 2 is 0.772 bits per heavy atom. The van der Waals surface area contributed by atoms with Gasteiger partial charge in [0.05, 0.1) is 24.3 Å². The zero-order chi connectivity index (χ0) is 64.9. The van der Waals surface area contributed by atoms with Crippen LogP contribution in [0.25, 0.3) is 0 Å². The Bertz CT molecular complexity index is 3410. The number of Topliss-reactive ketones (excluding diaryl/α,β-unsaturated/α-hetero) is 3. The number of alkyl carbamates (subject to hydrolysis) is 1. The van der Waals surface area contributed by atoms with E-state index in [1.807, 2.05) is 101 Å². The number of phenols is 1. The van der Waals surface area contributed by atoms with Crippen molar-refractivity contribution in [1.29, 1.82) is 0 Å². The number of piperidine rings is 3. The summed E-state index contributed by atoms with van der Waals surface area (Å²) in [4.78, 5) is 118. The Balaban J connectivity index is 0.000000252. The Morgan fingerprint density at radius 3 is 1.07 bits per heavy atom. The van der Waals surface area contributed by atoms with E-state index in [0.29, 0.717) is 42.1 Å². The molecule has 4 N–H and O–H groups in total. The second-order valence-electron chi connectivity index (χ2n) is 23.8. The van der Waals surface area contributed by atoms with E-state index >= 15 is 0 Å². The molecule has 92 heavy (non-hydrogen) atoms. The van der Waals surface area contributed by atoms with Crippen LogP contribution < -0.4 is 20.5 Å². The summed E-state index contributed by atoms with van der Waals surface area (Å²) in [6.07, 6.45) is 7.34. The van der Waals surface area contributed by atoms with Gasteiger partial charge in [0, 0.05) is 54.5 Å². The molecule has 18 nitrogen and oxygen atoms in total. The summed E-state index contributed by atoms with van der Waals surface area (Å²) < 4.78 is 15.4. The van der Waals surface area contributed by atoms with Crippen molar-refractivity contribution in [3.05, 3.63) is 197 Å². The highest BCUT2D eigenvalue weighted by atomic mass is 35.5. The zero-order valence-electron chi connectivity index (χ0n) is 53.0. The van der Waals surface area contributed by atoms with Crippen LogP contribution in [0.3, 0.4) is 0 Å². The molecule has 6 aromatic carbocycles. The van der Waals surface area contributed by atoms with Gasteiger partial charge in [-0.05, 0) is 189 Å². The fraction of sp³-hybridized carbons (Fsp3) is 0.375. The summed E-state index contributed by atoms with van der Waals surface area (Å²) in [7, 11) is 0. The Kier molecular flexibility index (Phi) is 28.8. The van der Waals surface area contributed by atoms with E-state index in [2.05, 4.69) is 5.32 Å². The highest BCUT2D eigenvalue weighted by Crippen LogP contribution is 2.36. The first-order valence-electron chi connectivity index (χ1n) is 30.8. The molecule has 3 saturated heterocycles. The van der Waals surface area contributed by atoms with Gasteiger partial charge in [0.1, 0.15) is 46.7 Å². The fourth-order valence-electron chi connectivity index (χ4n) is 12.1. The predicted molar refractivity (Wildman–Crippen MR) is 356 cm³/mol. The number of ether oxygens (including phenoxy) is 3. The number of nitrogens with two attached hydrogens (primary N) is 1. The minimum atomic E-state index is -0.712. The number of rotatable bonds is 17. The average molecular weight is 1300 g/mol. The van der Waals surface area contributed by atoms with Gasteiger partial charge < -0.3 is 45.1 Å². The van der Waals surface area contributed by atoms with Crippen LogP contribution in [0, 0.1) is 0 Å². The number of carbonyl (C=O) groups excluding carboxylic acids is 9. The lowest BCUT2D eigenvalue weighted by Crippen LogP contribution is -2.48. The number of esters is 2. The molecule has 9 rings (SSSR count). The van der Waals surface area contributed by atoms with E-state index in [9.17, 15) is 48.3 Å². The van der Waals surface area contributed by atoms with Crippen LogP contribution in [-0.2, 0) is 28.7 Å². The summed E-state index contributed by atoms with van der Waals surface area (Å²) in [5, 5.41) is 11.8. The molecule has 20 heteroatoms. The van der Waals surface area contributed by atoms with Gasteiger partial charge in [-0.2, -0.15) is 0 Å². The lowest BCUT2D eigenvalue weighted by Gasteiger charge is -2.40. The lowest BCUT2D eigenvalue weighted by molar-refractivity contribution is -0.134. The Morgan fingerprint density at radius 1 is 0.467 bits per heavy atom. The highest BCUT2D eigenvalue weighted by molar-refractivity contribution is 5.97. The first-order chi connectivity index (χ1) is 43.1. The predicted octanol–water partition coefficient (Wildman–Crippen LogP) is 12.0. The minimum absolute atomic E-state index is 0. The molecule has 0 bridgehead atoms. The lowest BCUT2D eigenvalue weighted by atomic mass is 9.82. The number of aromatic hydroxyl groups is 1. The third kappa shape index (κ3) is 20.9. The number of ketones is 3. The molecule has 3 fully saturated rings. The van der Waals surface area contributed by atoms with Crippen LogP contribution in [-0.4, -0.2) is 129 Å². The monoisotopic (exact) mass is 1300 g/mol. The number of nitrogens with one attached hydrogen (secondary N) is 1. The van der Waals surface area contributed by atoms with E-state index in [1.165, 1.54) is 24.3 Å². The second kappa shape index (κ2) is 35.8. The number of phenolic OH excluding ortho intramolecular Hbond substituents is 1. The van der Waals surface area contributed by atoms with Crippen molar-refractivity contribution in [1.82, 2.24) is 20.0 Å². The van der Waals surface area contributed by atoms with Gasteiger partial charge in [-0.15, -0.1) is 24.8 Å². The van der Waals surface area contributed by atoms with Crippen molar-refractivity contribution in [2.75, 3.05) is 32.7 Å². The molecule has 0 radical (unpaired) electrons. The molecule has 0 aromatic heterocycles. The number of likely N-dealkylation sites (tertiary alicyclic amines) is 3. The molecule has 6 atom stereocenters. The van der Waals surface area contributed by atoms with Crippen LogP contribution in [0.15, 0.2) is 164 Å². The summed E-state index contributed by atoms with van der Waals surface area (Å²) >= 11 is 0. The van der Waals surface area contributed by atoms with E-state index in [4.69, 9.17) is 19.9 Å². The van der Waals surface area contributed by atoms with Crippen molar-refractivity contribution in [3.63, 3.8) is 0 Å². The number of amides is 4. The molecule has 3 aliphatic heterocycles. The van der Waals surface area contributed by atoms with Crippen molar-refractivity contribution in [3.8, 4) is 17.2 Å². The average Bonchev–Trinajstić information content (AvgIpc) is 0.893. The maximum atomic E-state index is 13.4. The SMILES string of the molecule is CC(=O)C(c1ccccc1)C1CCCCN1C(=O)c1ccc(O)cc1.CC(=O)C(c1ccccc1)C1CCCCN1C(=O)c1ccc(OC(=O)CN)cc1.CC(=O)C(c1ccccc1)C1CCCCN1C(=O)c1ccc(OC(=O)CNC(=O)OC(C)(C)C)cc1.Cl.Cl. The van der Waals surface area contributed by atoms with Crippen molar-refractivity contribution < 1.29 is 62.5 Å². The topological polar surface area (TPSA) is 249 Å². The molecule has 490 valence electrons. The quantitative estimate of drug-likeness (QED) is 0.0568. The van der Waals surface area contributed by atoms with Crippen molar-refractivity contribution in [2.45, 2.75) is 141 Å². The molecule has 0 aliphatic carbocycles. The highest BCUT2D eigenvalue weighted by Gasteiger charge is 2.39. The summed E-state index contributed by atoms with van der Waals surface area (Å²) in [5.74, 6) is -1.66. The fourth-order valence-corrected chi connectivity index (χ4v) is 12.1. The molecule has 4 amide bonds. The standard InChI is InChI=1S/C28H34N2O6.C23H26N2O4.C21H23NO3.2ClH/c1-19(31)25(20-10-6-5-7-11-20)23-12-8-9-17-30(23)26(33)21-13-15-22(16-14-21)35-24(32)18-29-27(34)36-28(2,3)4;1-16(26)22(17-7-3-2-4-8-17)20-9-5-6-14-25(20)23(28)18-10-12-19(13-11-18)29-21(27)15-24;1-15(23)20(16-7-3-2-4-8-16)19-9-5-6-14-22(19)21(25)17-10-12-18(24)13-11-17;;/h5-7,10-11,13-16,23,25H,8-9,12,17-18H2,1-4H3,(H,29,34);2-4,7-8,10-13,20,22H,5-6,9,14-15,24H2,1H3;2-4,7-8,10-13,19-20,24H,5-6,9,14H2,1H3;2*1H. The van der Waals surface area contributed by atoms with E-state index in [0.717, 1.165) is 74.5 Å². The minimum Gasteiger partial charge on any atom is -0.508 e. The Hall–Kier alpha value is -8.71. The summed E-state index contributed by atoms with van der Waals surface area (Å²) in [6.45, 7) is 11.2. The first-order valence-corrected chi connectivity index (χ1v) is 30.8. The van der Waals surface area contributed by atoms with E-state index in [-0.39, 0.29) is 120 Å². The molecule has 6 aromatic rings. The van der Waals surface area contributed by atoms with Crippen molar-refractivity contribution >= 4 is 77.9 Å². The zero-order valence-corrected chi connectivity index (χ0v) is 54.7. The van der Waals surface area contributed by atoms with Crippen LogP contribution in [0.2, 0.25) is 0 Å². The maximum absolute atomic E-state index is 13.4. The first kappa shape index (κ1) is 74.0. The number of nitrogens with zero attached hydrogens (tertiary/aromatic N) is 3. The summed E-state index contributed by atoms with van der Waals surface area (Å²) in [6, 6.07) is 47.5. The Labute approximate surface area is 551 Å². The molecular weight excluding hydrogens is 1210 g/mol. The van der Waals surface area contributed by atoms with Crippen LogP contribution >= 0.6 is 24.8 Å². The van der Waals surface area contributed by atoms with Crippen LogP contribution in [0.1, 0.15) is 165 Å². The molecule has 0 spiro atoms. The van der Waals surface area contributed by atoms with Crippen molar-refractivity contribution in [2.24, 2.45) is 5.73 Å². The van der Waals surface area contributed by atoms with Crippen LogP contribution in [0.5, 0.6) is 17.2 Å². The number of halogens is 2. The molecular formula is C72H85Cl2N5O13. The van der Waals surface area contributed by atoms with E-state index < -0.39 is 23.6 Å². The second-order valence-corrected chi connectivity index (χ2v) is 23.8. The van der Waals surface area contributed by atoms with E-state index in [1.54, 1.807) is 95.0 Å². The third-order valence-electron chi connectivity index (χ3n) is 16.1. The number of hydrogen-bond donors (Lipinski definition) is 3. The molecule has 0 saturated carbocycles. The molecule has 3 aliphatic rings. The molecule has 3 heterocycles. The maximum Gasteiger partial charge on any atom is 0.408 e. The molecule has 6 unspecified atom stereocenters. The number of carbonyl (C=O) groups is 9. The van der Waals surface area contributed by atoms with Gasteiger partial charge in [-0.25, -0.2) is 9.59 Å². The third-order valence-corrected chi connectivity index (χ3v) is 16.1. The normalized spacial score (nSPS) is 17.0. The largest absolute Gasteiger partial charge is 0.508 e. The van der Waals surface area contributed by atoms with Crippen LogP contribution in [0.4, 0.5) is 4.79 Å². The smallest absolute Gasteiger partial charge is 0.408 e. The van der Waals surface area contributed by atoms with Gasteiger partial charge >= 0.3 is 18.0 Å². The summed E-state index contributed by atoms with van der Waals surface area (Å²) in [5.41, 5.74) is 8.88. The van der Waals surface area contributed by atoms with Gasteiger partial charge in [0.15, 0.2) is 0 Å². The number of benzene rings is 6. The number of hydrogen-bond acceptors (Lipinski definition) is 14. The van der Waals surface area contributed by atoms with Gasteiger partial charge in [-0.1, -0.05) is 91.0 Å². The van der Waals surface area contributed by atoms with Gasteiger partial charge in [0.2, 0.25) is 0 Å². The van der Waals surface area contributed by atoms with Gasteiger partial charge in [0.25, 0.3) is 17.7 Å².